The molecule has 1 aliphatic heterocycles. The Hall–Kier alpha value is -3.33. The van der Waals surface area contributed by atoms with Gasteiger partial charge in [-0.25, -0.2) is 14.5 Å². The fourth-order valence-electron chi connectivity index (χ4n) is 4.15. The Kier molecular flexibility index (Phi) is 8.30. The van der Waals surface area contributed by atoms with Crippen molar-refractivity contribution < 1.29 is 14.7 Å². The number of hydrazine groups is 1. The van der Waals surface area contributed by atoms with Crippen LogP contribution in [0, 0.1) is 6.92 Å². The fourth-order valence-corrected chi connectivity index (χ4v) is 4.55. The van der Waals surface area contributed by atoms with Crippen molar-refractivity contribution in [2.45, 2.75) is 26.2 Å². The van der Waals surface area contributed by atoms with Crippen molar-refractivity contribution in [1.82, 2.24) is 20.2 Å². The van der Waals surface area contributed by atoms with Crippen LogP contribution in [0.4, 0.5) is 5.69 Å². The maximum atomic E-state index is 13.2. The smallest absolute Gasteiger partial charge is 0.328 e. The van der Waals surface area contributed by atoms with Gasteiger partial charge in [0.2, 0.25) is 0 Å². The van der Waals surface area contributed by atoms with Crippen molar-refractivity contribution in [2.24, 2.45) is 0 Å². The van der Waals surface area contributed by atoms with Crippen LogP contribution < -0.4 is 10.7 Å². The van der Waals surface area contributed by atoms with Gasteiger partial charge in [-0.2, -0.15) is 5.10 Å². The number of halogens is 2. The first-order valence-corrected chi connectivity index (χ1v) is 12.4. The lowest BCUT2D eigenvalue weighted by Crippen LogP contribution is -2.45. The van der Waals surface area contributed by atoms with Gasteiger partial charge in [-0.1, -0.05) is 35.7 Å². The number of rotatable bonds is 8. The molecule has 4 rings (SSSR count). The normalized spacial score (nSPS) is 14.2. The van der Waals surface area contributed by atoms with E-state index in [4.69, 9.17) is 28.3 Å². The molecule has 1 aromatic heterocycles. The maximum Gasteiger partial charge on any atom is 0.328 e. The van der Waals surface area contributed by atoms with E-state index in [0.29, 0.717) is 39.1 Å². The molecule has 10 heteroatoms. The minimum atomic E-state index is -1.00. The van der Waals surface area contributed by atoms with Crippen molar-refractivity contribution in [3.8, 4) is 16.9 Å². The zero-order valence-electron chi connectivity index (χ0n) is 19.8. The second-order valence-corrected chi connectivity index (χ2v) is 9.36. The molecule has 2 aromatic carbocycles. The van der Waals surface area contributed by atoms with E-state index in [0.717, 1.165) is 43.4 Å². The molecular formula is C26H27Cl2N5O3. The summed E-state index contributed by atoms with van der Waals surface area (Å²) in [5, 5.41) is 19.5. The van der Waals surface area contributed by atoms with E-state index in [1.54, 1.807) is 22.9 Å². The summed E-state index contributed by atoms with van der Waals surface area (Å²) in [7, 11) is 0. The number of carbonyl (C=O) groups excluding carboxylic acids is 1. The number of carboxylic acid groups (broad SMARTS) is 1. The third kappa shape index (κ3) is 6.07. The molecule has 36 heavy (non-hydrogen) atoms. The Balaban J connectivity index is 1.69. The van der Waals surface area contributed by atoms with Gasteiger partial charge in [0.05, 0.1) is 16.4 Å². The number of aromatic nitrogens is 2. The molecule has 0 unspecified atom stereocenters. The molecule has 0 spiro atoms. The molecule has 3 N–H and O–H groups in total. The molecule has 2 heterocycles. The van der Waals surface area contributed by atoms with Crippen LogP contribution in [-0.4, -0.2) is 51.4 Å². The minimum absolute atomic E-state index is 0.261. The van der Waals surface area contributed by atoms with Gasteiger partial charge < -0.3 is 10.4 Å². The quantitative estimate of drug-likeness (QED) is 0.342. The van der Waals surface area contributed by atoms with Gasteiger partial charge in [0.1, 0.15) is 0 Å². The lowest BCUT2D eigenvalue weighted by Gasteiger charge is -2.26. The predicted octanol–water partition coefficient (Wildman–Crippen LogP) is 5.34. The zero-order chi connectivity index (χ0) is 25.7. The number of piperidine rings is 1. The Labute approximate surface area is 219 Å². The molecule has 1 fully saturated rings. The summed E-state index contributed by atoms with van der Waals surface area (Å²) in [6.45, 7) is 3.83. The molecule has 0 aliphatic carbocycles. The summed E-state index contributed by atoms with van der Waals surface area (Å²) < 4.78 is 1.71. The number of hydrogen-bond acceptors (Lipinski definition) is 5. The van der Waals surface area contributed by atoms with Gasteiger partial charge in [-0.3, -0.25) is 10.2 Å². The number of amides is 1. The van der Waals surface area contributed by atoms with E-state index in [2.05, 4.69) is 15.8 Å². The monoisotopic (exact) mass is 527 g/mol. The average molecular weight is 528 g/mol. The second-order valence-electron chi connectivity index (χ2n) is 8.52. The standard InChI is InChI=1S/C26H27Cl2N5O3/c1-17-24(26(36)31-32-14-3-2-4-15-32)30-33(20-10-7-18(27)8-11-20)25(17)21-12-9-19(16-22(21)28)29-13-5-6-23(34)35/h5-12,16,29H,2-4,13-15H2,1H3,(H,31,36)(H,34,35)/b6-5+. The van der Waals surface area contributed by atoms with Crippen LogP contribution in [0.15, 0.2) is 54.6 Å². The van der Waals surface area contributed by atoms with Crippen molar-refractivity contribution in [2.75, 3.05) is 25.0 Å². The van der Waals surface area contributed by atoms with Crippen LogP contribution in [0.25, 0.3) is 16.9 Å². The van der Waals surface area contributed by atoms with Crippen molar-refractivity contribution in [3.63, 3.8) is 0 Å². The highest BCUT2D eigenvalue weighted by Crippen LogP contribution is 2.35. The highest BCUT2D eigenvalue weighted by molar-refractivity contribution is 6.33. The number of benzene rings is 2. The molecule has 8 nitrogen and oxygen atoms in total. The Morgan fingerprint density at radius 1 is 1.08 bits per heavy atom. The number of carbonyl (C=O) groups is 2. The van der Waals surface area contributed by atoms with E-state index in [9.17, 15) is 9.59 Å². The molecule has 188 valence electrons. The summed E-state index contributed by atoms with van der Waals surface area (Å²) >= 11 is 12.8. The second kappa shape index (κ2) is 11.6. The molecule has 1 amide bonds. The first-order chi connectivity index (χ1) is 17.3. The number of nitrogens with one attached hydrogen (secondary N) is 2. The van der Waals surface area contributed by atoms with Gasteiger partial charge in [0, 0.05) is 47.5 Å². The van der Waals surface area contributed by atoms with E-state index in [1.807, 2.05) is 36.2 Å². The molecule has 0 bridgehead atoms. The summed E-state index contributed by atoms with van der Waals surface area (Å²) in [5.41, 5.74) is 6.90. The van der Waals surface area contributed by atoms with Crippen molar-refractivity contribution in [3.05, 3.63) is 75.9 Å². The number of anilines is 1. The molecule has 1 aliphatic rings. The highest BCUT2D eigenvalue weighted by Gasteiger charge is 2.25. The molecule has 0 radical (unpaired) electrons. The Bertz CT molecular complexity index is 1280. The van der Waals surface area contributed by atoms with Gasteiger partial charge in [0.15, 0.2) is 5.69 Å². The minimum Gasteiger partial charge on any atom is -0.478 e. The fraction of sp³-hybridized carbons (Fsp3) is 0.269. The summed E-state index contributed by atoms with van der Waals surface area (Å²) in [6.07, 6.45) is 5.85. The van der Waals surface area contributed by atoms with E-state index in [1.165, 1.54) is 12.5 Å². The summed E-state index contributed by atoms with van der Waals surface area (Å²) in [4.78, 5) is 23.9. The lowest BCUT2D eigenvalue weighted by molar-refractivity contribution is -0.131. The Morgan fingerprint density at radius 3 is 2.47 bits per heavy atom. The van der Waals surface area contributed by atoms with Crippen LogP contribution in [-0.2, 0) is 4.79 Å². The maximum absolute atomic E-state index is 13.2. The number of carboxylic acids is 1. The summed E-state index contributed by atoms with van der Waals surface area (Å²) in [5.74, 6) is -1.26. The van der Waals surface area contributed by atoms with E-state index in [-0.39, 0.29) is 5.91 Å². The zero-order valence-corrected chi connectivity index (χ0v) is 21.3. The molecule has 0 atom stereocenters. The average Bonchev–Trinajstić information content (AvgIpc) is 3.20. The number of aliphatic carboxylic acids is 1. The van der Waals surface area contributed by atoms with Gasteiger partial charge in [0.25, 0.3) is 5.91 Å². The topological polar surface area (TPSA) is 99.5 Å². The molecule has 1 saturated heterocycles. The lowest BCUT2D eigenvalue weighted by atomic mass is 10.1. The van der Waals surface area contributed by atoms with Gasteiger partial charge >= 0.3 is 5.97 Å². The summed E-state index contributed by atoms with van der Waals surface area (Å²) in [6, 6.07) is 12.7. The van der Waals surface area contributed by atoms with Crippen LogP contribution >= 0.6 is 23.2 Å². The third-order valence-electron chi connectivity index (χ3n) is 5.93. The highest BCUT2D eigenvalue weighted by atomic mass is 35.5. The third-order valence-corrected chi connectivity index (χ3v) is 6.50. The van der Waals surface area contributed by atoms with Crippen molar-refractivity contribution in [1.29, 1.82) is 0 Å². The Morgan fingerprint density at radius 2 is 1.81 bits per heavy atom. The molecule has 3 aromatic rings. The van der Waals surface area contributed by atoms with E-state index >= 15 is 0 Å². The van der Waals surface area contributed by atoms with Crippen LogP contribution in [0.1, 0.15) is 35.3 Å². The first-order valence-electron chi connectivity index (χ1n) is 11.7. The van der Waals surface area contributed by atoms with Crippen LogP contribution in [0.5, 0.6) is 0 Å². The molecule has 0 saturated carbocycles. The first kappa shape index (κ1) is 25.8. The number of nitrogens with zero attached hydrogens (tertiary/aromatic N) is 3. The van der Waals surface area contributed by atoms with Gasteiger partial charge in [-0.05, 0) is 62.2 Å². The SMILES string of the molecule is Cc1c(C(=O)NN2CCCCC2)nn(-c2ccc(Cl)cc2)c1-c1ccc(NC/C=C/C(=O)O)cc1Cl. The largest absolute Gasteiger partial charge is 0.478 e. The predicted molar refractivity (Wildman–Crippen MR) is 142 cm³/mol. The van der Waals surface area contributed by atoms with Crippen molar-refractivity contribution >= 4 is 40.8 Å². The molecular weight excluding hydrogens is 501 g/mol. The van der Waals surface area contributed by atoms with E-state index < -0.39 is 5.97 Å². The number of hydrogen-bond donors (Lipinski definition) is 3. The van der Waals surface area contributed by atoms with Crippen LogP contribution in [0.3, 0.4) is 0 Å². The van der Waals surface area contributed by atoms with Gasteiger partial charge in [-0.15, -0.1) is 0 Å². The van der Waals surface area contributed by atoms with Crippen LogP contribution in [0.2, 0.25) is 10.0 Å².